The first kappa shape index (κ1) is 25.0. The van der Waals surface area contributed by atoms with E-state index in [1.807, 2.05) is 41.8 Å². The molecule has 0 fully saturated rings. The predicted molar refractivity (Wildman–Crippen MR) is 133 cm³/mol. The molecule has 0 amide bonds. The number of aryl methyl sites for hydroxylation is 4. The first-order valence-electron chi connectivity index (χ1n) is 10.8. The lowest BCUT2D eigenvalue weighted by molar-refractivity contribution is -0.114. The molecule has 0 aliphatic heterocycles. The second kappa shape index (κ2) is 10.4. The number of anilines is 1. The summed E-state index contributed by atoms with van der Waals surface area (Å²) in [6, 6.07) is 16.8. The third-order valence-corrected chi connectivity index (χ3v) is 5.44. The SMILES string of the molecule is CC(C)=O.Cc1cc(C(c2ccc(N(C)C)cc2)c2cc(C)c(O)c(C)c2)cc(C)c1O. The molecule has 0 atom stereocenters. The van der Waals surface area contributed by atoms with Crippen molar-refractivity contribution in [2.45, 2.75) is 47.5 Å². The average Bonchev–Trinajstić information content (AvgIpc) is 2.70. The Hall–Kier alpha value is -3.27. The second-order valence-corrected chi connectivity index (χ2v) is 8.83. The highest BCUT2D eigenvalue weighted by Gasteiger charge is 2.20. The molecule has 0 aliphatic rings. The Kier molecular flexibility index (Phi) is 8.09. The molecule has 4 nitrogen and oxygen atoms in total. The van der Waals surface area contributed by atoms with E-state index in [2.05, 4.69) is 53.4 Å². The number of hydrogen-bond donors (Lipinski definition) is 2. The monoisotopic (exact) mass is 433 g/mol. The van der Waals surface area contributed by atoms with E-state index in [4.69, 9.17) is 0 Å². The molecule has 0 heterocycles. The van der Waals surface area contributed by atoms with Crippen LogP contribution in [0.15, 0.2) is 48.5 Å². The standard InChI is InChI=1S/C25H29NO2.C3H6O/c1-15-11-20(12-16(2)24(15)27)23(19-7-9-22(10-8-19)26(5)6)21-13-17(3)25(28)18(4)14-21;1-3(2)4/h7-14,23,27-28H,1-6H3;1-2H3. The molecule has 3 aromatic carbocycles. The molecular formula is C28H35NO3. The molecule has 0 aliphatic carbocycles. The van der Waals surface area contributed by atoms with Crippen LogP contribution >= 0.6 is 0 Å². The topological polar surface area (TPSA) is 60.8 Å². The van der Waals surface area contributed by atoms with Gasteiger partial charge in [0.05, 0.1) is 0 Å². The Bertz CT molecular complexity index is 991. The van der Waals surface area contributed by atoms with Gasteiger partial charge in [-0.05, 0) is 92.6 Å². The molecule has 0 unspecified atom stereocenters. The van der Waals surface area contributed by atoms with Crippen molar-refractivity contribution in [1.82, 2.24) is 0 Å². The molecular weight excluding hydrogens is 398 g/mol. The van der Waals surface area contributed by atoms with Gasteiger partial charge in [0.15, 0.2) is 0 Å². The summed E-state index contributed by atoms with van der Waals surface area (Å²) in [5.41, 5.74) is 8.09. The Balaban J connectivity index is 0.000000837. The van der Waals surface area contributed by atoms with E-state index in [0.29, 0.717) is 11.5 Å². The lowest BCUT2D eigenvalue weighted by Crippen LogP contribution is -2.09. The highest BCUT2D eigenvalue weighted by molar-refractivity contribution is 5.72. The maximum Gasteiger partial charge on any atom is 0.126 e. The summed E-state index contributed by atoms with van der Waals surface area (Å²) in [5, 5.41) is 20.5. The Morgan fingerprint density at radius 2 is 1.00 bits per heavy atom. The molecule has 0 bridgehead atoms. The minimum Gasteiger partial charge on any atom is -0.507 e. The first-order chi connectivity index (χ1) is 14.9. The summed E-state index contributed by atoms with van der Waals surface area (Å²) in [7, 11) is 4.07. The fourth-order valence-corrected chi connectivity index (χ4v) is 3.85. The molecule has 3 aromatic rings. The molecule has 0 radical (unpaired) electrons. The molecule has 32 heavy (non-hydrogen) atoms. The van der Waals surface area contributed by atoms with E-state index in [-0.39, 0.29) is 11.7 Å². The van der Waals surface area contributed by atoms with Gasteiger partial charge < -0.3 is 19.9 Å². The third-order valence-electron chi connectivity index (χ3n) is 5.44. The molecule has 0 saturated heterocycles. The number of Topliss-reactive ketones (excluding diaryl/α,β-unsaturated/α-hetero) is 1. The number of hydrogen-bond acceptors (Lipinski definition) is 4. The molecule has 0 spiro atoms. The summed E-state index contributed by atoms with van der Waals surface area (Å²) >= 11 is 0. The zero-order chi connectivity index (χ0) is 24.2. The number of benzene rings is 3. The molecule has 4 heteroatoms. The summed E-state index contributed by atoms with van der Waals surface area (Å²) in [6.07, 6.45) is 0. The summed E-state index contributed by atoms with van der Waals surface area (Å²) < 4.78 is 0. The summed E-state index contributed by atoms with van der Waals surface area (Å²) in [4.78, 5) is 11.5. The van der Waals surface area contributed by atoms with Crippen LogP contribution in [0.2, 0.25) is 0 Å². The number of carbonyl (C=O) groups excluding carboxylic acids is 1. The molecule has 0 aromatic heterocycles. The number of nitrogens with zero attached hydrogens (tertiary/aromatic N) is 1. The smallest absolute Gasteiger partial charge is 0.126 e. The summed E-state index contributed by atoms with van der Waals surface area (Å²) in [5.74, 6) is 0.888. The van der Waals surface area contributed by atoms with Crippen molar-refractivity contribution in [2.75, 3.05) is 19.0 Å². The van der Waals surface area contributed by atoms with Gasteiger partial charge in [-0.1, -0.05) is 36.4 Å². The van der Waals surface area contributed by atoms with Crippen molar-refractivity contribution in [3.63, 3.8) is 0 Å². The van der Waals surface area contributed by atoms with Crippen LogP contribution in [0.5, 0.6) is 11.5 Å². The third kappa shape index (κ3) is 5.91. The zero-order valence-electron chi connectivity index (χ0n) is 20.4. The van der Waals surface area contributed by atoms with Crippen molar-refractivity contribution in [1.29, 1.82) is 0 Å². The van der Waals surface area contributed by atoms with Crippen molar-refractivity contribution in [3.8, 4) is 11.5 Å². The van der Waals surface area contributed by atoms with Gasteiger partial charge in [-0.2, -0.15) is 0 Å². The lowest BCUT2D eigenvalue weighted by atomic mass is 9.82. The first-order valence-corrected chi connectivity index (χ1v) is 10.8. The van der Waals surface area contributed by atoms with Gasteiger partial charge in [-0.15, -0.1) is 0 Å². The van der Waals surface area contributed by atoms with Crippen LogP contribution in [0, 0.1) is 27.7 Å². The minimum atomic E-state index is 0.0206. The Morgan fingerprint density at radius 3 is 1.28 bits per heavy atom. The molecule has 170 valence electrons. The zero-order valence-corrected chi connectivity index (χ0v) is 20.4. The van der Waals surface area contributed by atoms with E-state index < -0.39 is 0 Å². The number of ketones is 1. The van der Waals surface area contributed by atoms with Crippen LogP contribution in [0.25, 0.3) is 0 Å². The van der Waals surface area contributed by atoms with Gasteiger partial charge in [0, 0.05) is 25.7 Å². The van der Waals surface area contributed by atoms with Crippen LogP contribution < -0.4 is 4.90 Å². The van der Waals surface area contributed by atoms with E-state index in [9.17, 15) is 15.0 Å². The van der Waals surface area contributed by atoms with Gasteiger partial charge >= 0.3 is 0 Å². The summed E-state index contributed by atoms with van der Waals surface area (Å²) in [6.45, 7) is 10.8. The van der Waals surface area contributed by atoms with Gasteiger partial charge in [0.2, 0.25) is 0 Å². The van der Waals surface area contributed by atoms with Crippen LogP contribution in [-0.2, 0) is 4.79 Å². The molecule has 3 rings (SSSR count). The van der Waals surface area contributed by atoms with Crippen LogP contribution in [0.4, 0.5) is 5.69 Å². The van der Waals surface area contributed by atoms with Crippen LogP contribution in [0.1, 0.15) is 58.7 Å². The quantitative estimate of drug-likeness (QED) is 0.483. The number of carbonyl (C=O) groups is 1. The number of rotatable bonds is 4. The largest absolute Gasteiger partial charge is 0.507 e. The Labute approximate surface area is 192 Å². The number of phenols is 2. The van der Waals surface area contributed by atoms with Gasteiger partial charge in [0.1, 0.15) is 17.3 Å². The van der Waals surface area contributed by atoms with Gasteiger partial charge in [-0.3, -0.25) is 0 Å². The number of aromatic hydroxyl groups is 2. The molecule has 0 saturated carbocycles. The van der Waals surface area contributed by atoms with E-state index in [1.54, 1.807) is 0 Å². The van der Waals surface area contributed by atoms with E-state index >= 15 is 0 Å². The lowest BCUT2D eigenvalue weighted by Gasteiger charge is -2.23. The van der Waals surface area contributed by atoms with Gasteiger partial charge in [0.25, 0.3) is 0 Å². The van der Waals surface area contributed by atoms with Gasteiger partial charge in [-0.25, -0.2) is 0 Å². The van der Waals surface area contributed by atoms with E-state index in [1.165, 1.54) is 19.4 Å². The van der Waals surface area contributed by atoms with Crippen molar-refractivity contribution >= 4 is 11.5 Å². The van der Waals surface area contributed by atoms with Crippen molar-refractivity contribution < 1.29 is 15.0 Å². The minimum absolute atomic E-state index is 0.0206. The fraction of sp³-hybridized carbons (Fsp3) is 0.321. The van der Waals surface area contributed by atoms with Crippen molar-refractivity contribution in [2.24, 2.45) is 0 Å². The normalized spacial score (nSPS) is 10.5. The van der Waals surface area contributed by atoms with Crippen molar-refractivity contribution in [3.05, 3.63) is 87.5 Å². The predicted octanol–water partition coefficient (Wildman–Crippen LogP) is 6.17. The fourth-order valence-electron chi connectivity index (χ4n) is 3.85. The maximum atomic E-state index is 10.2. The highest BCUT2D eigenvalue weighted by atomic mass is 16.3. The van der Waals surface area contributed by atoms with Crippen LogP contribution in [0.3, 0.4) is 0 Å². The second-order valence-electron chi connectivity index (χ2n) is 8.83. The maximum absolute atomic E-state index is 10.2. The number of phenolic OH excluding ortho intramolecular Hbond substituents is 2. The van der Waals surface area contributed by atoms with E-state index in [0.717, 1.165) is 39.1 Å². The van der Waals surface area contributed by atoms with Crippen LogP contribution in [-0.4, -0.2) is 30.1 Å². The molecule has 2 N–H and O–H groups in total. The highest BCUT2D eigenvalue weighted by Crippen LogP contribution is 2.38. The Morgan fingerprint density at radius 1 is 0.688 bits per heavy atom. The average molecular weight is 434 g/mol.